The molecule has 0 bridgehead atoms. The smallest absolute Gasteiger partial charge is 0.325 e. The quantitative estimate of drug-likeness (QED) is 0.276. The average molecular weight is 147 g/mol. The Labute approximate surface area is 57.6 Å². The summed E-state index contributed by atoms with van der Waals surface area (Å²) in [6.07, 6.45) is -3.16. The van der Waals surface area contributed by atoms with Gasteiger partial charge >= 0.3 is 6.10 Å². The van der Waals surface area contributed by atoms with E-state index in [1.807, 2.05) is 0 Å². The molecule has 0 atom stereocenters. The molecule has 0 aliphatic rings. The first-order valence-electron chi connectivity index (χ1n) is 2.48. The third kappa shape index (κ3) is 4.02. The fraction of sp³-hybridized carbons (Fsp3) is 0.400. The monoisotopic (exact) mass is 147 g/mol. The van der Waals surface area contributed by atoms with Crippen molar-refractivity contribution in [3.05, 3.63) is 12.2 Å². The van der Waals surface area contributed by atoms with Gasteiger partial charge in [0.15, 0.2) is 0 Å². The molecule has 0 heterocycles. The number of carbonyl (C=O) groups excluding carboxylic acids is 1. The second-order valence-electron chi connectivity index (χ2n) is 1.87. The van der Waals surface area contributed by atoms with Gasteiger partial charge in [0, 0.05) is 5.57 Å². The Morgan fingerprint density at radius 1 is 1.50 bits per heavy atom. The predicted octanol–water partition coefficient (Wildman–Crippen LogP) is -1.73. The summed E-state index contributed by atoms with van der Waals surface area (Å²) in [5.41, 5.74) is 0.0709. The van der Waals surface area contributed by atoms with Crippen molar-refractivity contribution in [3.63, 3.8) is 0 Å². The molecule has 0 saturated heterocycles. The number of nitrogens with one attached hydrogen (secondary N) is 1. The SMILES string of the molecule is C=C(C)C(=O)NC(O)(O)O. The largest absolute Gasteiger partial charge is 0.369 e. The molecule has 58 valence electrons. The van der Waals surface area contributed by atoms with Gasteiger partial charge in [-0.1, -0.05) is 6.58 Å². The number of carbonyl (C=O) groups is 1. The van der Waals surface area contributed by atoms with E-state index in [1.165, 1.54) is 12.2 Å². The highest BCUT2D eigenvalue weighted by atomic mass is 16.7. The zero-order valence-corrected chi connectivity index (χ0v) is 5.46. The van der Waals surface area contributed by atoms with E-state index in [9.17, 15) is 4.79 Å². The van der Waals surface area contributed by atoms with Crippen LogP contribution in [-0.2, 0) is 4.79 Å². The van der Waals surface area contributed by atoms with Crippen LogP contribution in [0, 0.1) is 0 Å². The van der Waals surface area contributed by atoms with Crippen molar-refractivity contribution in [1.82, 2.24) is 5.32 Å². The molecule has 0 saturated carbocycles. The Bertz CT molecular complexity index is 158. The van der Waals surface area contributed by atoms with Gasteiger partial charge in [-0.05, 0) is 6.92 Å². The summed E-state index contributed by atoms with van der Waals surface area (Å²) in [6, 6.07) is 0. The van der Waals surface area contributed by atoms with Gasteiger partial charge in [-0.2, -0.15) is 0 Å². The standard InChI is InChI=1S/C5H9NO4/c1-3(2)4(7)6-5(8,9)10/h8-10H,1H2,2H3,(H,6,7). The highest BCUT2D eigenvalue weighted by Crippen LogP contribution is 1.90. The van der Waals surface area contributed by atoms with Crippen molar-refractivity contribution in [1.29, 1.82) is 0 Å². The van der Waals surface area contributed by atoms with Crippen LogP contribution in [-0.4, -0.2) is 27.3 Å². The molecule has 0 aromatic heterocycles. The second-order valence-corrected chi connectivity index (χ2v) is 1.87. The van der Waals surface area contributed by atoms with Gasteiger partial charge in [0.05, 0.1) is 0 Å². The molecule has 1 amide bonds. The molecule has 0 unspecified atom stereocenters. The Morgan fingerprint density at radius 2 is 1.90 bits per heavy atom. The predicted molar refractivity (Wildman–Crippen MR) is 32.3 cm³/mol. The number of hydrogen-bond acceptors (Lipinski definition) is 4. The maximum atomic E-state index is 10.5. The van der Waals surface area contributed by atoms with Gasteiger partial charge in [0.25, 0.3) is 5.91 Å². The first-order chi connectivity index (χ1) is 4.33. The Balaban J connectivity index is 3.93. The summed E-state index contributed by atoms with van der Waals surface area (Å²) in [5, 5.41) is 26.0. The zero-order valence-electron chi connectivity index (χ0n) is 5.46. The van der Waals surface area contributed by atoms with Crippen molar-refractivity contribution >= 4 is 5.91 Å². The summed E-state index contributed by atoms with van der Waals surface area (Å²) >= 11 is 0. The van der Waals surface area contributed by atoms with Gasteiger partial charge in [-0.25, -0.2) is 0 Å². The van der Waals surface area contributed by atoms with Crippen LogP contribution in [0.4, 0.5) is 0 Å². The van der Waals surface area contributed by atoms with Crippen molar-refractivity contribution in [2.45, 2.75) is 13.0 Å². The zero-order chi connectivity index (χ0) is 8.36. The Kier molecular flexibility index (Phi) is 2.53. The van der Waals surface area contributed by atoms with E-state index in [-0.39, 0.29) is 5.57 Å². The van der Waals surface area contributed by atoms with E-state index >= 15 is 0 Å². The van der Waals surface area contributed by atoms with Crippen molar-refractivity contribution < 1.29 is 20.1 Å². The van der Waals surface area contributed by atoms with E-state index < -0.39 is 12.0 Å². The van der Waals surface area contributed by atoms with Gasteiger partial charge in [-0.3, -0.25) is 10.1 Å². The van der Waals surface area contributed by atoms with Crippen LogP contribution < -0.4 is 5.32 Å². The Hall–Kier alpha value is -0.910. The topological polar surface area (TPSA) is 89.8 Å². The van der Waals surface area contributed by atoms with Crippen LogP contribution in [0.1, 0.15) is 6.92 Å². The Morgan fingerprint density at radius 3 is 2.00 bits per heavy atom. The summed E-state index contributed by atoms with van der Waals surface area (Å²) in [6.45, 7) is 4.56. The summed E-state index contributed by atoms with van der Waals surface area (Å²) < 4.78 is 0. The molecule has 0 radical (unpaired) electrons. The minimum absolute atomic E-state index is 0.0709. The molecule has 0 rings (SSSR count). The lowest BCUT2D eigenvalue weighted by Crippen LogP contribution is -2.48. The van der Waals surface area contributed by atoms with Crippen molar-refractivity contribution in [3.8, 4) is 0 Å². The number of aliphatic hydroxyl groups is 3. The second kappa shape index (κ2) is 2.78. The van der Waals surface area contributed by atoms with Gasteiger partial charge in [-0.15, -0.1) is 0 Å². The van der Waals surface area contributed by atoms with Crippen LogP contribution in [0.3, 0.4) is 0 Å². The number of hydrogen-bond donors (Lipinski definition) is 4. The van der Waals surface area contributed by atoms with E-state index in [2.05, 4.69) is 6.58 Å². The molecule has 5 heteroatoms. The summed E-state index contributed by atoms with van der Waals surface area (Å²) in [4.78, 5) is 10.5. The third-order valence-electron chi connectivity index (χ3n) is 0.669. The molecule has 0 aromatic rings. The van der Waals surface area contributed by atoms with Gasteiger partial charge < -0.3 is 15.3 Å². The van der Waals surface area contributed by atoms with E-state index in [0.717, 1.165) is 0 Å². The lowest BCUT2D eigenvalue weighted by atomic mass is 10.3. The lowest BCUT2D eigenvalue weighted by molar-refractivity contribution is -0.325. The minimum Gasteiger partial charge on any atom is -0.325 e. The maximum absolute atomic E-state index is 10.5. The number of rotatable bonds is 2. The van der Waals surface area contributed by atoms with Crippen LogP contribution >= 0.6 is 0 Å². The number of amides is 1. The summed E-state index contributed by atoms with van der Waals surface area (Å²) in [7, 11) is 0. The average Bonchev–Trinajstić information content (AvgIpc) is 1.60. The minimum atomic E-state index is -3.16. The van der Waals surface area contributed by atoms with E-state index in [0.29, 0.717) is 0 Å². The molecule has 0 aliphatic heterocycles. The van der Waals surface area contributed by atoms with Crippen LogP contribution in [0.2, 0.25) is 0 Å². The van der Waals surface area contributed by atoms with Crippen LogP contribution in [0.25, 0.3) is 0 Å². The van der Waals surface area contributed by atoms with E-state index in [4.69, 9.17) is 15.3 Å². The molecule has 10 heavy (non-hydrogen) atoms. The highest BCUT2D eigenvalue weighted by Gasteiger charge is 2.20. The fourth-order valence-corrected chi connectivity index (χ4v) is 0.259. The normalized spacial score (nSPS) is 10.8. The maximum Gasteiger partial charge on any atom is 0.369 e. The van der Waals surface area contributed by atoms with Crippen LogP contribution in [0.15, 0.2) is 12.2 Å². The highest BCUT2D eigenvalue weighted by molar-refractivity contribution is 5.92. The molecule has 4 N–H and O–H groups in total. The molecule has 0 aliphatic carbocycles. The molecule has 0 spiro atoms. The van der Waals surface area contributed by atoms with Crippen molar-refractivity contribution in [2.75, 3.05) is 0 Å². The van der Waals surface area contributed by atoms with Gasteiger partial charge in [0.2, 0.25) is 0 Å². The fourth-order valence-electron chi connectivity index (χ4n) is 0.259. The van der Waals surface area contributed by atoms with E-state index in [1.54, 1.807) is 0 Å². The molecular weight excluding hydrogens is 138 g/mol. The third-order valence-corrected chi connectivity index (χ3v) is 0.669. The van der Waals surface area contributed by atoms with Crippen LogP contribution in [0.5, 0.6) is 0 Å². The van der Waals surface area contributed by atoms with Crippen molar-refractivity contribution in [2.24, 2.45) is 0 Å². The molecule has 0 fully saturated rings. The lowest BCUT2D eigenvalue weighted by Gasteiger charge is -2.14. The first-order valence-corrected chi connectivity index (χ1v) is 2.48. The first kappa shape index (κ1) is 9.09. The molecule has 5 nitrogen and oxygen atoms in total. The van der Waals surface area contributed by atoms with Gasteiger partial charge in [0.1, 0.15) is 0 Å². The summed E-state index contributed by atoms with van der Waals surface area (Å²) in [5.74, 6) is -0.826. The molecule has 0 aromatic carbocycles. The molecular formula is C5H9NO4.